The van der Waals surface area contributed by atoms with Gasteiger partial charge in [0, 0.05) is 0 Å². The quantitative estimate of drug-likeness (QED) is 0.693. The van der Waals surface area contributed by atoms with Gasteiger partial charge in [-0.3, -0.25) is 0 Å². The van der Waals surface area contributed by atoms with Gasteiger partial charge in [-0.15, -0.1) is 0 Å². The van der Waals surface area contributed by atoms with Crippen molar-refractivity contribution in [3.05, 3.63) is 28.8 Å². The molecule has 2 rings (SSSR count). The van der Waals surface area contributed by atoms with Gasteiger partial charge in [-0.25, -0.2) is 4.39 Å². The Kier molecular flexibility index (Phi) is 2.63. The van der Waals surface area contributed by atoms with Crippen LogP contribution in [-0.2, 0) is 6.42 Å². The number of hydrogen-bond acceptors (Lipinski definition) is 1. The minimum absolute atomic E-state index is 0.00766. The number of halogens is 2. The van der Waals surface area contributed by atoms with Crippen molar-refractivity contribution in [2.75, 3.05) is 6.61 Å². The van der Waals surface area contributed by atoms with E-state index in [1.807, 2.05) is 13.8 Å². The lowest BCUT2D eigenvalue weighted by atomic mass is 9.96. The lowest BCUT2D eigenvalue weighted by Gasteiger charge is -2.20. The van der Waals surface area contributed by atoms with Gasteiger partial charge in [0.2, 0.25) is 5.82 Å². The van der Waals surface area contributed by atoms with E-state index >= 15 is 0 Å². The Morgan fingerprint density at radius 2 is 2.00 bits per heavy atom. The minimum atomic E-state index is -0.823. The molecule has 0 fully saturated rings. The van der Waals surface area contributed by atoms with Crippen LogP contribution in [0.15, 0.2) is 6.07 Å². The lowest BCUT2D eigenvalue weighted by molar-refractivity contribution is 0.267. The molecule has 1 aromatic carbocycles. The molecule has 1 aliphatic rings. The Balaban J connectivity index is 2.57. The Morgan fingerprint density at radius 1 is 1.27 bits per heavy atom. The summed E-state index contributed by atoms with van der Waals surface area (Å²) in [6.45, 7) is 4.19. The van der Waals surface area contributed by atoms with Gasteiger partial charge in [-0.05, 0) is 36.0 Å². The van der Waals surface area contributed by atoms with Crippen LogP contribution in [0.25, 0.3) is 0 Å². The van der Waals surface area contributed by atoms with Crippen LogP contribution in [-0.4, -0.2) is 6.61 Å². The molecule has 0 N–H and O–H groups in total. The van der Waals surface area contributed by atoms with Gasteiger partial charge in [-0.1, -0.05) is 13.8 Å². The van der Waals surface area contributed by atoms with Crippen LogP contribution < -0.4 is 4.74 Å². The third kappa shape index (κ3) is 1.71. The van der Waals surface area contributed by atoms with E-state index in [1.165, 1.54) is 0 Å². The molecule has 0 saturated carbocycles. The van der Waals surface area contributed by atoms with Crippen LogP contribution in [0, 0.1) is 11.6 Å². The first-order valence-electron chi connectivity index (χ1n) is 5.25. The summed E-state index contributed by atoms with van der Waals surface area (Å²) in [6, 6.07) is 1.73. The van der Waals surface area contributed by atoms with Gasteiger partial charge in [0.15, 0.2) is 11.6 Å². The summed E-state index contributed by atoms with van der Waals surface area (Å²) in [5.41, 5.74) is 1.24. The number of hydrogen-bond donors (Lipinski definition) is 0. The standard InChI is InChI=1S/C12H14F2O/c1-7(2)9-6-8-4-3-5-15-12(8)11(14)10(9)13/h6-7H,3-5H2,1-2H3. The summed E-state index contributed by atoms with van der Waals surface area (Å²) in [7, 11) is 0. The summed E-state index contributed by atoms with van der Waals surface area (Å²) < 4.78 is 32.3. The molecule has 1 heterocycles. The molecule has 0 spiro atoms. The molecule has 0 bridgehead atoms. The minimum Gasteiger partial charge on any atom is -0.490 e. The van der Waals surface area contributed by atoms with Gasteiger partial charge < -0.3 is 4.74 Å². The molecule has 1 nitrogen and oxygen atoms in total. The zero-order valence-electron chi connectivity index (χ0n) is 8.94. The molecule has 82 valence electrons. The van der Waals surface area contributed by atoms with Gasteiger partial charge in [0.05, 0.1) is 6.61 Å². The molecule has 0 saturated heterocycles. The zero-order chi connectivity index (χ0) is 11.0. The van der Waals surface area contributed by atoms with Crippen LogP contribution in [0.3, 0.4) is 0 Å². The van der Waals surface area contributed by atoms with Crippen molar-refractivity contribution in [3.8, 4) is 5.75 Å². The fraction of sp³-hybridized carbons (Fsp3) is 0.500. The second-order valence-electron chi connectivity index (χ2n) is 4.19. The van der Waals surface area contributed by atoms with E-state index in [1.54, 1.807) is 6.07 Å². The van der Waals surface area contributed by atoms with Crippen molar-refractivity contribution < 1.29 is 13.5 Å². The van der Waals surface area contributed by atoms with Crippen LogP contribution in [0.1, 0.15) is 37.3 Å². The van der Waals surface area contributed by atoms with E-state index in [4.69, 9.17) is 4.74 Å². The molecular weight excluding hydrogens is 198 g/mol. The molecule has 0 unspecified atom stereocenters. The van der Waals surface area contributed by atoms with E-state index in [0.717, 1.165) is 18.4 Å². The highest BCUT2D eigenvalue weighted by molar-refractivity contribution is 5.42. The van der Waals surface area contributed by atoms with E-state index in [2.05, 4.69) is 0 Å². The molecule has 3 heteroatoms. The predicted molar refractivity (Wildman–Crippen MR) is 54.3 cm³/mol. The highest BCUT2D eigenvalue weighted by Crippen LogP contribution is 2.34. The zero-order valence-corrected chi connectivity index (χ0v) is 8.94. The smallest absolute Gasteiger partial charge is 0.201 e. The fourth-order valence-electron chi connectivity index (χ4n) is 1.88. The Labute approximate surface area is 88.1 Å². The maximum absolute atomic E-state index is 13.6. The van der Waals surface area contributed by atoms with Crippen LogP contribution in [0.4, 0.5) is 8.78 Å². The second kappa shape index (κ2) is 3.80. The SMILES string of the molecule is CC(C)c1cc2c(c(F)c1F)OCCC2. The van der Waals surface area contributed by atoms with E-state index in [9.17, 15) is 8.78 Å². The molecule has 0 aromatic heterocycles. The molecular formula is C12H14F2O. The van der Waals surface area contributed by atoms with Gasteiger partial charge in [-0.2, -0.15) is 4.39 Å². The first kappa shape index (κ1) is 10.4. The van der Waals surface area contributed by atoms with Gasteiger partial charge in [0.25, 0.3) is 0 Å². The van der Waals surface area contributed by atoms with Crippen molar-refractivity contribution in [2.45, 2.75) is 32.6 Å². The van der Waals surface area contributed by atoms with E-state index in [-0.39, 0.29) is 11.7 Å². The van der Waals surface area contributed by atoms with Crippen molar-refractivity contribution in [2.24, 2.45) is 0 Å². The third-order valence-corrected chi connectivity index (χ3v) is 2.73. The predicted octanol–water partition coefficient (Wildman–Crippen LogP) is 3.41. The average Bonchev–Trinajstić information content (AvgIpc) is 2.23. The van der Waals surface area contributed by atoms with E-state index < -0.39 is 11.6 Å². The molecule has 0 atom stereocenters. The number of fused-ring (bicyclic) bond motifs is 1. The maximum atomic E-state index is 13.6. The first-order valence-corrected chi connectivity index (χ1v) is 5.25. The lowest BCUT2D eigenvalue weighted by Crippen LogP contribution is -2.12. The number of aryl methyl sites for hydroxylation is 1. The molecule has 0 aliphatic carbocycles. The largest absolute Gasteiger partial charge is 0.490 e. The van der Waals surface area contributed by atoms with Crippen molar-refractivity contribution in [1.82, 2.24) is 0 Å². The summed E-state index contributed by atoms with van der Waals surface area (Å²) in [6.07, 6.45) is 1.64. The molecule has 1 aliphatic heterocycles. The average molecular weight is 212 g/mol. The van der Waals surface area contributed by atoms with Crippen molar-refractivity contribution in [1.29, 1.82) is 0 Å². The second-order valence-corrected chi connectivity index (χ2v) is 4.19. The molecule has 0 radical (unpaired) electrons. The summed E-state index contributed by atoms with van der Waals surface area (Å²) in [4.78, 5) is 0. The Bertz CT molecular complexity index is 386. The normalized spacial score (nSPS) is 15.0. The van der Waals surface area contributed by atoms with Gasteiger partial charge in [0.1, 0.15) is 0 Å². The highest BCUT2D eigenvalue weighted by atomic mass is 19.2. The number of ether oxygens (including phenoxy) is 1. The maximum Gasteiger partial charge on any atom is 0.201 e. The van der Waals surface area contributed by atoms with Crippen LogP contribution >= 0.6 is 0 Å². The molecule has 0 amide bonds. The highest BCUT2D eigenvalue weighted by Gasteiger charge is 2.22. The summed E-state index contributed by atoms with van der Waals surface area (Å²) in [5.74, 6) is -1.48. The first-order chi connectivity index (χ1) is 7.11. The van der Waals surface area contributed by atoms with E-state index in [0.29, 0.717) is 12.2 Å². The number of benzene rings is 1. The Hall–Kier alpha value is -1.12. The van der Waals surface area contributed by atoms with Gasteiger partial charge >= 0.3 is 0 Å². The van der Waals surface area contributed by atoms with Crippen molar-refractivity contribution >= 4 is 0 Å². The fourth-order valence-corrected chi connectivity index (χ4v) is 1.88. The Morgan fingerprint density at radius 3 is 2.67 bits per heavy atom. The molecule has 1 aromatic rings. The monoisotopic (exact) mass is 212 g/mol. The summed E-state index contributed by atoms with van der Waals surface area (Å²) >= 11 is 0. The summed E-state index contributed by atoms with van der Waals surface area (Å²) in [5, 5.41) is 0. The van der Waals surface area contributed by atoms with Crippen molar-refractivity contribution in [3.63, 3.8) is 0 Å². The van der Waals surface area contributed by atoms with Crippen LogP contribution in [0.2, 0.25) is 0 Å². The van der Waals surface area contributed by atoms with Crippen LogP contribution in [0.5, 0.6) is 5.75 Å². The topological polar surface area (TPSA) is 9.23 Å². The molecule has 15 heavy (non-hydrogen) atoms. The number of rotatable bonds is 1. The third-order valence-electron chi connectivity index (χ3n) is 2.73.